The Balaban J connectivity index is 1.76. The van der Waals surface area contributed by atoms with Crippen LogP contribution in [0.3, 0.4) is 0 Å². The molecule has 2 aromatic carbocycles. The van der Waals surface area contributed by atoms with Crippen molar-refractivity contribution in [3.05, 3.63) is 71.8 Å². The van der Waals surface area contributed by atoms with Crippen LogP contribution in [0.2, 0.25) is 0 Å². The smallest absolute Gasteiger partial charge is 0.236 e. The monoisotopic (exact) mass is 367 g/mol. The largest absolute Gasteiger partial charge is 0.333 e. The highest BCUT2D eigenvalue weighted by molar-refractivity contribution is 8.00. The molecule has 1 amide bonds. The van der Waals surface area contributed by atoms with Crippen molar-refractivity contribution in [1.29, 1.82) is 0 Å². The van der Waals surface area contributed by atoms with E-state index in [1.165, 1.54) is 11.8 Å². The third-order valence-electron chi connectivity index (χ3n) is 3.96. The quantitative estimate of drug-likeness (QED) is 0.601. The first-order valence-corrected chi connectivity index (χ1v) is 9.27. The number of hydrogen-bond acceptors (Lipinski definition) is 5. The molecular weight excluding hydrogens is 346 g/mol. The second-order valence-corrected chi connectivity index (χ2v) is 7.32. The molecular formula is C19H21N5OS. The van der Waals surface area contributed by atoms with Crippen molar-refractivity contribution in [1.82, 2.24) is 25.1 Å². The van der Waals surface area contributed by atoms with E-state index in [0.717, 1.165) is 11.1 Å². The normalized spacial score (nSPS) is 11.9. The minimum absolute atomic E-state index is 0.0608. The molecule has 0 spiro atoms. The molecule has 0 saturated carbocycles. The Morgan fingerprint density at radius 1 is 1.04 bits per heavy atom. The lowest BCUT2D eigenvalue weighted by atomic mass is 10.1. The van der Waals surface area contributed by atoms with Crippen LogP contribution in [0.5, 0.6) is 0 Å². The van der Waals surface area contributed by atoms with Gasteiger partial charge in [-0.25, -0.2) is 4.68 Å². The third-order valence-corrected chi connectivity index (χ3v) is 5.07. The lowest BCUT2D eigenvalue weighted by molar-refractivity contribution is -0.131. The summed E-state index contributed by atoms with van der Waals surface area (Å²) in [5.74, 6) is 0.0608. The first-order chi connectivity index (χ1) is 12.6. The molecule has 6 nitrogen and oxygen atoms in total. The number of aromatic nitrogens is 4. The van der Waals surface area contributed by atoms with Crippen LogP contribution in [-0.4, -0.2) is 36.3 Å². The Morgan fingerprint density at radius 3 is 2.04 bits per heavy atom. The topological polar surface area (TPSA) is 63.9 Å². The standard InChI is InChI=1S/C19H21N5OS/c1-15(26-19-20-21-22-23(19)2)18(25)24(13-16-9-5-3-6-10-16)14-17-11-7-4-8-12-17/h3-12,15H,13-14H2,1-2H3/t15-/m0/s1. The van der Waals surface area contributed by atoms with Gasteiger partial charge in [-0.05, 0) is 28.5 Å². The molecule has 26 heavy (non-hydrogen) atoms. The van der Waals surface area contributed by atoms with Crippen LogP contribution < -0.4 is 0 Å². The second kappa shape index (κ2) is 8.62. The summed E-state index contributed by atoms with van der Waals surface area (Å²) in [4.78, 5) is 15.0. The number of thioether (sulfide) groups is 1. The van der Waals surface area contributed by atoms with E-state index in [-0.39, 0.29) is 11.2 Å². The van der Waals surface area contributed by atoms with Crippen LogP contribution >= 0.6 is 11.8 Å². The van der Waals surface area contributed by atoms with Crippen molar-refractivity contribution in [3.63, 3.8) is 0 Å². The Morgan fingerprint density at radius 2 is 1.58 bits per heavy atom. The molecule has 7 heteroatoms. The molecule has 0 aliphatic carbocycles. The highest BCUT2D eigenvalue weighted by Crippen LogP contribution is 2.23. The zero-order valence-corrected chi connectivity index (χ0v) is 15.6. The summed E-state index contributed by atoms with van der Waals surface area (Å²) in [6.07, 6.45) is 0. The van der Waals surface area contributed by atoms with Crippen LogP contribution in [0, 0.1) is 0 Å². The predicted molar refractivity (Wildman–Crippen MR) is 101 cm³/mol. The molecule has 134 valence electrons. The number of hydrogen-bond donors (Lipinski definition) is 0. The molecule has 0 unspecified atom stereocenters. The number of nitrogens with zero attached hydrogens (tertiary/aromatic N) is 5. The van der Waals surface area contributed by atoms with Gasteiger partial charge in [0, 0.05) is 20.1 Å². The molecule has 1 heterocycles. The van der Waals surface area contributed by atoms with Crippen LogP contribution in [0.1, 0.15) is 18.1 Å². The summed E-state index contributed by atoms with van der Waals surface area (Å²) in [5.41, 5.74) is 2.21. The first kappa shape index (κ1) is 18.1. The summed E-state index contributed by atoms with van der Waals surface area (Å²) in [6.45, 7) is 3.03. The van der Waals surface area contributed by atoms with E-state index in [1.807, 2.05) is 72.5 Å². The van der Waals surface area contributed by atoms with E-state index in [2.05, 4.69) is 15.5 Å². The predicted octanol–water partition coefficient (Wildman–Crippen LogP) is 2.92. The Hall–Kier alpha value is -2.67. The van der Waals surface area contributed by atoms with E-state index in [4.69, 9.17) is 0 Å². The highest BCUT2D eigenvalue weighted by atomic mass is 32.2. The molecule has 0 saturated heterocycles. The maximum Gasteiger partial charge on any atom is 0.236 e. The zero-order chi connectivity index (χ0) is 18.4. The van der Waals surface area contributed by atoms with Gasteiger partial charge in [0.2, 0.25) is 11.1 Å². The number of carbonyl (C=O) groups is 1. The van der Waals surface area contributed by atoms with Crippen molar-refractivity contribution < 1.29 is 4.79 Å². The van der Waals surface area contributed by atoms with E-state index in [1.54, 1.807) is 11.7 Å². The molecule has 1 atom stereocenters. The molecule has 0 fully saturated rings. The van der Waals surface area contributed by atoms with Crippen molar-refractivity contribution in [3.8, 4) is 0 Å². The minimum atomic E-state index is -0.285. The number of aryl methyl sites for hydroxylation is 1. The third kappa shape index (κ3) is 4.70. The van der Waals surface area contributed by atoms with Crippen molar-refractivity contribution in [2.75, 3.05) is 0 Å². The molecule has 0 aliphatic heterocycles. The summed E-state index contributed by atoms with van der Waals surface area (Å²) in [7, 11) is 1.77. The van der Waals surface area contributed by atoms with Gasteiger partial charge in [-0.1, -0.05) is 72.4 Å². The molecule has 1 aromatic heterocycles. The van der Waals surface area contributed by atoms with Crippen molar-refractivity contribution in [2.24, 2.45) is 7.05 Å². The van der Waals surface area contributed by atoms with E-state index < -0.39 is 0 Å². The molecule has 3 aromatic rings. The maximum atomic E-state index is 13.1. The van der Waals surface area contributed by atoms with Gasteiger partial charge in [0.05, 0.1) is 5.25 Å². The number of tetrazole rings is 1. The van der Waals surface area contributed by atoms with Crippen LogP contribution in [-0.2, 0) is 24.9 Å². The summed E-state index contributed by atoms with van der Waals surface area (Å²) in [6, 6.07) is 20.1. The Kier molecular flexibility index (Phi) is 6.01. The van der Waals surface area contributed by atoms with Gasteiger partial charge in [0.1, 0.15) is 0 Å². The maximum absolute atomic E-state index is 13.1. The van der Waals surface area contributed by atoms with Crippen LogP contribution in [0.4, 0.5) is 0 Å². The zero-order valence-electron chi connectivity index (χ0n) is 14.8. The Labute approximate surface area is 157 Å². The van der Waals surface area contributed by atoms with Gasteiger partial charge >= 0.3 is 0 Å². The van der Waals surface area contributed by atoms with Gasteiger partial charge in [0.25, 0.3) is 0 Å². The minimum Gasteiger partial charge on any atom is -0.333 e. The van der Waals surface area contributed by atoms with E-state index in [9.17, 15) is 4.79 Å². The average Bonchev–Trinajstić information content (AvgIpc) is 3.07. The molecule has 0 radical (unpaired) electrons. The van der Waals surface area contributed by atoms with Crippen LogP contribution in [0.25, 0.3) is 0 Å². The second-order valence-electron chi connectivity index (χ2n) is 6.01. The fourth-order valence-electron chi connectivity index (χ4n) is 2.61. The highest BCUT2D eigenvalue weighted by Gasteiger charge is 2.23. The van der Waals surface area contributed by atoms with Gasteiger partial charge in [-0.15, -0.1) is 5.10 Å². The average molecular weight is 367 g/mol. The lowest BCUT2D eigenvalue weighted by Crippen LogP contribution is -2.35. The van der Waals surface area contributed by atoms with E-state index >= 15 is 0 Å². The summed E-state index contributed by atoms with van der Waals surface area (Å²) >= 11 is 1.37. The van der Waals surface area contributed by atoms with Gasteiger partial charge in [-0.3, -0.25) is 4.79 Å². The fraction of sp³-hybridized carbons (Fsp3) is 0.263. The van der Waals surface area contributed by atoms with Gasteiger partial charge < -0.3 is 4.90 Å². The van der Waals surface area contributed by atoms with Crippen LogP contribution in [0.15, 0.2) is 65.8 Å². The lowest BCUT2D eigenvalue weighted by Gasteiger charge is -2.25. The van der Waals surface area contributed by atoms with E-state index in [0.29, 0.717) is 18.2 Å². The first-order valence-electron chi connectivity index (χ1n) is 8.39. The molecule has 0 bridgehead atoms. The Bertz CT molecular complexity index is 796. The fourth-order valence-corrected chi connectivity index (χ4v) is 3.44. The molecule has 0 N–H and O–H groups in total. The van der Waals surface area contributed by atoms with Gasteiger partial charge in [-0.2, -0.15) is 0 Å². The number of carbonyl (C=O) groups excluding carboxylic acids is 1. The van der Waals surface area contributed by atoms with Gasteiger partial charge in [0.15, 0.2) is 0 Å². The SMILES string of the molecule is C[C@H](Sc1nnnn1C)C(=O)N(Cc1ccccc1)Cc1ccccc1. The van der Waals surface area contributed by atoms with Crippen molar-refractivity contribution in [2.45, 2.75) is 30.4 Å². The summed E-state index contributed by atoms with van der Waals surface area (Å²) in [5, 5.41) is 11.8. The number of benzene rings is 2. The number of rotatable bonds is 7. The molecule has 0 aliphatic rings. The van der Waals surface area contributed by atoms with Crippen molar-refractivity contribution >= 4 is 17.7 Å². The summed E-state index contributed by atoms with van der Waals surface area (Å²) < 4.78 is 1.58. The molecule has 3 rings (SSSR count). The number of amides is 1.